The highest BCUT2D eigenvalue weighted by Crippen LogP contribution is 2.15. The Labute approximate surface area is 113 Å². The fourth-order valence-corrected chi connectivity index (χ4v) is 2.00. The molecule has 0 aromatic rings. The lowest BCUT2D eigenvalue weighted by atomic mass is 10.0. The van der Waals surface area contributed by atoms with Crippen molar-refractivity contribution in [3.63, 3.8) is 0 Å². The molecule has 0 amide bonds. The molecule has 0 saturated heterocycles. The van der Waals surface area contributed by atoms with Crippen molar-refractivity contribution in [1.82, 2.24) is 0 Å². The first-order chi connectivity index (χ1) is 8.74. The van der Waals surface area contributed by atoms with E-state index in [-0.39, 0.29) is 5.97 Å². The first-order valence-electron chi connectivity index (χ1n) is 7.58. The van der Waals surface area contributed by atoms with Crippen molar-refractivity contribution < 1.29 is 9.53 Å². The molecule has 0 fully saturated rings. The second kappa shape index (κ2) is 12.7. The molecule has 0 N–H and O–H groups in total. The molecule has 106 valence electrons. The minimum absolute atomic E-state index is 0.105. The lowest BCUT2D eigenvalue weighted by molar-refractivity contribution is -0.142. The van der Waals surface area contributed by atoms with Crippen LogP contribution in [0.15, 0.2) is 11.6 Å². The van der Waals surface area contributed by atoms with Crippen molar-refractivity contribution in [2.24, 2.45) is 0 Å². The predicted molar refractivity (Wildman–Crippen MR) is 77.6 cm³/mol. The van der Waals surface area contributed by atoms with Crippen LogP contribution in [0.2, 0.25) is 0 Å². The van der Waals surface area contributed by atoms with Gasteiger partial charge in [-0.1, -0.05) is 57.6 Å². The highest BCUT2D eigenvalue weighted by Gasteiger charge is 2.00. The normalized spacial score (nSPS) is 11.6. The van der Waals surface area contributed by atoms with E-state index in [2.05, 4.69) is 19.9 Å². The molecule has 2 heteroatoms. The van der Waals surface area contributed by atoms with Gasteiger partial charge in [0.05, 0.1) is 13.0 Å². The van der Waals surface area contributed by atoms with Crippen LogP contribution in [0.5, 0.6) is 0 Å². The zero-order valence-electron chi connectivity index (χ0n) is 12.5. The van der Waals surface area contributed by atoms with Crippen LogP contribution in [0.4, 0.5) is 0 Å². The number of rotatable bonds is 11. The first-order valence-corrected chi connectivity index (χ1v) is 7.58. The second-order valence-electron chi connectivity index (χ2n) is 4.74. The largest absolute Gasteiger partial charge is 0.466 e. The van der Waals surface area contributed by atoms with Gasteiger partial charge in [0.1, 0.15) is 0 Å². The van der Waals surface area contributed by atoms with E-state index in [1.165, 1.54) is 44.1 Å². The van der Waals surface area contributed by atoms with Gasteiger partial charge in [-0.25, -0.2) is 0 Å². The summed E-state index contributed by atoms with van der Waals surface area (Å²) in [6, 6.07) is 0. The van der Waals surface area contributed by atoms with Gasteiger partial charge < -0.3 is 4.74 Å². The zero-order chi connectivity index (χ0) is 13.6. The van der Waals surface area contributed by atoms with Gasteiger partial charge in [-0.15, -0.1) is 0 Å². The first kappa shape index (κ1) is 17.2. The van der Waals surface area contributed by atoms with Crippen molar-refractivity contribution in [3.8, 4) is 0 Å². The molecule has 0 spiro atoms. The third-order valence-electron chi connectivity index (χ3n) is 3.17. The maximum absolute atomic E-state index is 11.2. The smallest absolute Gasteiger partial charge is 0.309 e. The second-order valence-corrected chi connectivity index (χ2v) is 4.74. The predicted octanol–water partition coefficient (Wildman–Crippen LogP) is 5.03. The molecule has 0 unspecified atom stereocenters. The van der Waals surface area contributed by atoms with Gasteiger partial charge >= 0.3 is 5.97 Å². The highest BCUT2D eigenvalue weighted by molar-refractivity contribution is 5.71. The molecule has 0 rings (SSSR count). The molecule has 18 heavy (non-hydrogen) atoms. The maximum Gasteiger partial charge on any atom is 0.309 e. The Kier molecular flexibility index (Phi) is 12.1. The van der Waals surface area contributed by atoms with Gasteiger partial charge in [0.2, 0.25) is 0 Å². The number of ether oxygens (including phenoxy) is 1. The summed E-state index contributed by atoms with van der Waals surface area (Å²) in [5, 5.41) is 0. The molecule has 0 aromatic carbocycles. The van der Waals surface area contributed by atoms with Crippen LogP contribution < -0.4 is 0 Å². The summed E-state index contributed by atoms with van der Waals surface area (Å²) < 4.78 is 4.92. The summed E-state index contributed by atoms with van der Waals surface area (Å²) in [5.41, 5.74) is 1.40. The average molecular weight is 254 g/mol. The van der Waals surface area contributed by atoms with Crippen LogP contribution in [-0.2, 0) is 9.53 Å². The summed E-state index contributed by atoms with van der Waals surface area (Å²) in [6.45, 7) is 6.73. The Morgan fingerprint density at radius 3 is 2.28 bits per heavy atom. The van der Waals surface area contributed by atoms with E-state index in [0.29, 0.717) is 13.0 Å². The van der Waals surface area contributed by atoms with Gasteiger partial charge in [-0.2, -0.15) is 0 Å². The molecule has 0 aliphatic rings. The monoisotopic (exact) mass is 254 g/mol. The zero-order valence-corrected chi connectivity index (χ0v) is 12.5. The number of allylic oxidation sites excluding steroid dienone is 1. The Morgan fingerprint density at radius 1 is 1.00 bits per heavy atom. The van der Waals surface area contributed by atoms with Crippen molar-refractivity contribution in [3.05, 3.63) is 11.6 Å². The van der Waals surface area contributed by atoms with Crippen molar-refractivity contribution in [1.29, 1.82) is 0 Å². The molecular formula is C16H30O2. The number of unbranched alkanes of at least 4 members (excludes halogenated alkanes) is 5. The maximum atomic E-state index is 11.2. The molecule has 0 atom stereocenters. The number of hydrogen-bond acceptors (Lipinski definition) is 2. The third-order valence-corrected chi connectivity index (χ3v) is 3.17. The van der Waals surface area contributed by atoms with Crippen LogP contribution in [0.1, 0.15) is 78.6 Å². The van der Waals surface area contributed by atoms with Crippen LogP contribution in [0.25, 0.3) is 0 Å². The summed E-state index contributed by atoms with van der Waals surface area (Å²) in [7, 11) is 0. The lowest BCUT2D eigenvalue weighted by Gasteiger charge is -2.05. The molecule has 0 aliphatic heterocycles. The molecule has 0 heterocycles. The number of carbonyl (C=O) groups excluding carboxylic acids is 1. The SMILES string of the molecule is CCCCCCCCC(=CCC(=O)OCC)CC. The Hall–Kier alpha value is -0.790. The Balaban J connectivity index is 3.68. The minimum Gasteiger partial charge on any atom is -0.466 e. The molecule has 2 nitrogen and oxygen atoms in total. The van der Waals surface area contributed by atoms with Gasteiger partial charge in [0.15, 0.2) is 0 Å². The molecule has 0 aromatic heterocycles. The lowest BCUT2D eigenvalue weighted by Crippen LogP contribution is -2.02. The summed E-state index contributed by atoms with van der Waals surface area (Å²) >= 11 is 0. The van der Waals surface area contributed by atoms with E-state index in [0.717, 1.165) is 12.8 Å². The summed E-state index contributed by atoms with van der Waals surface area (Å²) in [6.07, 6.45) is 12.6. The summed E-state index contributed by atoms with van der Waals surface area (Å²) in [4.78, 5) is 11.2. The van der Waals surface area contributed by atoms with Gasteiger partial charge in [0, 0.05) is 0 Å². The van der Waals surface area contributed by atoms with E-state index in [9.17, 15) is 4.79 Å². The number of esters is 1. The highest BCUT2D eigenvalue weighted by atomic mass is 16.5. The topological polar surface area (TPSA) is 26.3 Å². The number of carbonyl (C=O) groups is 1. The van der Waals surface area contributed by atoms with Crippen LogP contribution in [-0.4, -0.2) is 12.6 Å². The number of hydrogen-bond donors (Lipinski definition) is 0. The molecule has 0 radical (unpaired) electrons. The fraction of sp³-hybridized carbons (Fsp3) is 0.812. The molecular weight excluding hydrogens is 224 g/mol. The van der Waals surface area contributed by atoms with Crippen molar-refractivity contribution >= 4 is 5.97 Å². The van der Waals surface area contributed by atoms with E-state index >= 15 is 0 Å². The Bertz CT molecular complexity index is 231. The molecule has 0 saturated carbocycles. The van der Waals surface area contributed by atoms with Gasteiger partial charge in [-0.05, 0) is 26.2 Å². The van der Waals surface area contributed by atoms with Gasteiger partial charge in [0.25, 0.3) is 0 Å². The quantitative estimate of drug-likeness (QED) is 0.294. The van der Waals surface area contributed by atoms with Crippen LogP contribution in [0.3, 0.4) is 0 Å². The van der Waals surface area contributed by atoms with Crippen molar-refractivity contribution in [2.75, 3.05) is 6.61 Å². The van der Waals surface area contributed by atoms with Crippen LogP contribution in [0, 0.1) is 0 Å². The van der Waals surface area contributed by atoms with E-state index in [1.54, 1.807) is 0 Å². The van der Waals surface area contributed by atoms with E-state index < -0.39 is 0 Å². The summed E-state index contributed by atoms with van der Waals surface area (Å²) in [5.74, 6) is -0.105. The molecule has 0 aliphatic carbocycles. The minimum atomic E-state index is -0.105. The van der Waals surface area contributed by atoms with E-state index in [4.69, 9.17) is 4.74 Å². The van der Waals surface area contributed by atoms with E-state index in [1.807, 2.05) is 6.92 Å². The fourth-order valence-electron chi connectivity index (χ4n) is 2.00. The van der Waals surface area contributed by atoms with Gasteiger partial charge in [-0.3, -0.25) is 4.79 Å². The standard InChI is InChI=1S/C16H30O2/c1-4-7-8-9-10-11-12-15(5-2)13-14-16(17)18-6-3/h13H,4-12,14H2,1-3H3. The average Bonchev–Trinajstić information content (AvgIpc) is 2.37. The van der Waals surface area contributed by atoms with Crippen LogP contribution >= 0.6 is 0 Å². The Morgan fingerprint density at radius 2 is 1.67 bits per heavy atom. The molecule has 0 bridgehead atoms. The van der Waals surface area contributed by atoms with Crippen molar-refractivity contribution in [2.45, 2.75) is 78.6 Å². The third kappa shape index (κ3) is 10.4.